The Balaban J connectivity index is 1.68. The summed E-state index contributed by atoms with van der Waals surface area (Å²) in [6.07, 6.45) is 5.17. The lowest BCUT2D eigenvalue weighted by Crippen LogP contribution is -2.11. The number of rotatable bonds is 7. The minimum absolute atomic E-state index is 0.00584. The van der Waals surface area contributed by atoms with Gasteiger partial charge < -0.3 is 10.3 Å². The molecule has 4 nitrogen and oxygen atoms in total. The molecule has 2 N–H and O–H groups in total. The lowest BCUT2D eigenvalue weighted by molar-refractivity contribution is 0.356. The molecule has 1 aromatic heterocycles. The molecule has 4 heteroatoms. The smallest absolute Gasteiger partial charge is 0.226 e. The number of aryl methyl sites for hydroxylation is 1. The second kappa shape index (κ2) is 5.98. The third-order valence-electron chi connectivity index (χ3n) is 4.48. The number of hydrogen-bond acceptors (Lipinski definition) is 4. The van der Waals surface area contributed by atoms with Crippen LogP contribution in [0.2, 0.25) is 0 Å². The van der Waals surface area contributed by atoms with E-state index in [4.69, 9.17) is 10.3 Å². The highest BCUT2D eigenvalue weighted by molar-refractivity contribution is 5.38. The van der Waals surface area contributed by atoms with Crippen LogP contribution in [-0.2, 0) is 11.8 Å². The molecule has 0 amide bonds. The third kappa shape index (κ3) is 3.00. The predicted molar refractivity (Wildman–Crippen MR) is 81.9 cm³/mol. The molecule has 0 radical (unpaired) electrons. The van der Waals surface area contributed by atoms with Crippen LogP contribution < -0.4 is 5.73 Å². The Kier molecular flexibility index (Phi) is 4.06. The highest BCUT2D eigenvalue weighted by atomic mass is 16.5. The molecule has 112 valence electrons. The van der Waals surface area contributed by atoms with Crippen LogP contribution in [0.25, 0.3) is 0 Å². The first-order valence-electron chi connectivity index (χ1n) is 7.83. The van der Waals surface area contributed by atoms with Gasteiger partial charge in [0.15, 0.2) is 5.82 Å². The van der Waals surface area contributed by atoms with Gasteiger partial charge in [0.2, 0.25) is 5.89 Å². The molecule has 1 atom stereocenters. The zero-order chi connectivity index (χ0) is 14.7. The van der Waals surface area contributed by atoms with Crippen molar-refractivity contribution in [2.45, 2.75) is 44.4 Å². The molecule has 0 aliphatic heterocycles. The fourth-order valence-corrected chi connectivity index (χ4v) is 2.87. The first kappa shape index (κ1) is 14.3. The van der Waals surface area contributed by atoms with Crippen LogP contribution in [-0.4, -0.2) is 16.7 Å². The van der Waals surface area contributed by atoms with Crippen molar-refractivity contribution in [2.24, 2.45) is 11.7 Å². The summed E-state index contributed by atoms with van der Waals surface area (Å²) < 4.78 is 5.45. The summed E-state index contributed by atoms with van der Waals surface area (Å²) in [5, 5.41) is 4.24. The van der Waals surface area contributed by atoms with Gasteiger partial charge in [-0.2, -0.15) is 4.98 Å². The van der Waals surface area contributed by atoms with E-state index >= 15 is 0 Å². The lowest BCUT2D eigenvalue weighted by Gasteiger charge is -2.10. The molecule has 21 heavy (non-hydrogen) atoms. The Labute approximate surface area is 125 Å². The Bertz CT molecular complexity index is 575. The largest absolute Gasteiger partial charge is 0.339 e. The average Bonchev–Trinajstić information content (AvgIpc) is 3.19. The van der Waals surface area contributed by atoms with E-state index in [1.165, 1.54) is 5.56 Å². The normalized spacial score (nSPS) is 17.6. The number of nitrogens with two attached hydrogens (primary N) is 1. The van der Waals surface area contributed by atoms with E-state index in [9.17, 15) is 0 Å². The molecule has 1 heterocycles. The van der Waals surface area contributed by atoms with Gasteiger partial charge in [0, 0.05) is 6.42 Å². The van der Waals surface area contributed by atoms with Crippen molar-refractivity contribution in [3.8, 4) is 0 Å². The van der Waals surface area contributed by atoms with Crippen molar-refractivity contribution in [2.75, 3.05) is 6.54 Å². The monoisotopic (exact) mass is 285 g/mol. The van der Waals surface area contributed by atoms with Gasteiger partial charge in [0.25, 0.3) is 0 Å². The summed E-state index contributed by atoms with van der Waals surface area (Å²) in [6, 6.07) is 10.5. The number of nitrogens with zero attached hydrogens (tertiary/aromatic N) is 2. The van der Waals surface area contributed by atoms with Gasteiger partial charge in [-0.05, 0) is 43.7 Å². The highest BCUT2D eigenvalue weighted by Crippen LogP contribution is 2.52. The number of hydrogen-bond donors (Lipinski definition) is 1. The van der Waals surface area contributed by atoms with E-state index in [2.05, 4.69) is 41.3 Å². The number of benzene rings is 1. The number of aromatic nitrogens is 2. The fourth-order valence-electron chi connectivity index (χ4n) is 2.87. The van der Waals surface area contributed by atoms with Gasteiger partial charge in [-0.3, -0.25) is 0 Å². The quantitative estimate of drug-likeness (QED) is 0.849. The van der Waals surface area contributed by atoms with E-state index in [1.54, 1.807) is 0 Å². The van der Waals surface area contributed by atoms with Crippen molar-refractivity contribution >= 4 is 0 Å². The van der Waals surface area contributed by atoms with Gasteiger partial charge in [0.1, 0.15) is 0 Å². The highest BCUT2D eigenvalue weighted by Gasteiger charge is 2.49. The molecule has 2 aromatic rings. The molecule has 1 saturated carbocycles. The Morgan fingerprint density at radius 1 is 1.24 bits per heavy atom. The van der Waals surface area contributed by atoms with E-state index in [-0.39, 0.29) is 5.41 Å². The maximum atomic E-state index is 5.58. The molecule has 0 spiro atoms. The van der Waals surface area contributed by atoms with Crippen molar-refractivity contribution in [1.82, 2.24) is 10.1 Å². The summed E-state index contributed by atoms with van der Waals surface area (Å²) in [5.74, 6) is 2.22. The molecular formula is C17H23N3O. The Morgan fingerprint density at radius 3 is 2.67 bits per heavy atom. The van der Waals surface area contributed by atoms with Crippen LogP contribution in [0.4, 0.5) is 0 Å². The van der Waals surface area contributed by atoms with Crippen LogP contribution in [0.3, 0.4) is 0 Å². The second-order valence-electron chi connectivity index (χ2n) is 6.18. The zero-order valence-electron chi connectivity index (χ0n) is 12.6. The lowest BCUT2D eigenvalue weighted by atomic mass is 9.95. The van der Waals surface area contributed by atoms with Crippen LogP contribution in [0.15, 0.2) is 34.9 Å². The molecule has 1 aromatic carbocycles. The minimum atomic E-state index is 0.00584. The third-order valence-corrected chi connectivity index (χ3v) is 4.48. The molecular weight excluding hydrogens is 262 g/mol. The maximum Gasteiger partial charge on any atom is 0.226 e. The van der Waals surface area contributed by atoms with Crippen molar-refractivity contribution < 1.29 is 4.52 Å². The standard InChI is InChI=1S/C17H23N3O/c1-13(9-12-18)7-8-15-19-16(20-21-15)17(10-11-17)14-5-3-2-4-6-14/h2-6,13H,7-12,18H2,1H3. The van der Waals surface area contributed by atoms with Crippen LogP contribution in [0.5, 0.6) is 0 Å². The Hall–Kier alpha value is -1.68. The predicted octanol–water partition coefficient (Wildman–Crippen LogP) is 3.07. The van der Waals surface area contributed by atoms with E-state index < -0.39 is 0 Å². The van der Waals surface area contributed by atoms with Crippen LogP contribution >= 0.6 is 0 Å². The van der Waals surface area contributed by atoms with Crippen LogP contribution in [0, 0.1) is 5.92 Å². The average molecular weight is 285 g/mol. The Morgan fingerprint density at radius 2 is 2.00 bits per heavy atom. The van der Waals surface area contributed by atoms with Crippen molar-refractivity contribution in [3.05, 3.63) is 47.6 Å². The SMILES string of the molecule is CC(CCN)CCc1nc(C2(c3ccccc3)CC2)no1. The van der Waals surface area contributed by atoms with Crippen LogP contribution in [0.1, 0.15) is 49.9 Å². The van der Waals surface area contributed by atoms with E-state index in [1.807, 2.05) is 6.07 Å². The van der Waals surface area contributed by atoms with E-state index in [0.29, 0.717) is 5.92 Å². The molecule has 1 aliphatic rings. The first-order chi connectivity index (χ1) is 10.2. The second-order valence-corrected chi connectivity index (χ2v) is 6.18. The topological polar surface area (TPSA) is 64.9 Å². The van der Waals surface area contributed by atoms with Crippen molar-refractivity contribution in [3.63, 3.8) is 0 Å². The molecule has 0 saturated heterocycles. The fraction of sp³-hybridized carbons (Fsp3) is 0.529. The van der Waals surface area contributed by atoms with Gasteiger partial charge >= 0.3 is 0 Å². The molecule has 0 bridgehead atoms. The molecule has 1 unspecified atom stereocenters. The first-order valence-corrected chi connectivity index (χ1v) is 7.83. The molecule has 3 rings (SSSR count). The minimum Gasteiger partial charge on any atom is -0.339 e. The summed E-state index contributed by atoms with van der Waals surface area (Å²) in [5.41, 5.74) is 6.89. The maximum absolute atomic E-state index is 5.58. The van der Waals surface area contributed by atoms with E-state index in [0.717, 1.165) is 50.4 Å². The summed E-state index contributed by atoms with van der Waals surface area (Å²) in [7, 11) is 0. The summed E-state index contributed by atoms with van der Waals surface area (Å²) >= 11 is 0. The van der Waals surface area contributed by atoms with Gasteiger partial charge in [-0.15, -0.1) is 0 Å². The van der Waals surface area contributed by atoms with Gasteiger partial charge in [-0.1, -0.05) is 42.4 Å². The summed E-state index contributed by atoms with van der Waals surface area (Å²) in [6.45, 7) is 2.96. The molecule has 1 aliphatic carbocycles. The van der Waals surface area contributed by atoms with Crippen molar-refractivity contribution in [1.29, 1.82) is 0 Å². The van der Waals surface area contributed by atoms with Gasteiger partial charge in [-0.25, -0.2) is 0 Å². The molecule has 1 fully saturated rings. The van der Waals surface area contributed by atoms with Gasteiger partial charge in [0.05, 0.1) is 5.41 Å². The zero-order valence-corrected chi connectivity index (χ0v) is 12.6. The summed E-state index contributed by atoms with van der Waals surface area (Å²) in [4.78, 5) is 4.64.